The summed E-state index contributed by atoms with van der Waals surface area (Å²) in [6.45, 7) is 4.61. The van der Waals surface area contributed by atoms with Crippen molar-refractivity contribution >= 4 is 23.3 Å². The zero-order valence-corrected chi connectivity index (χ0v) is 18.1. The maximum absolute atomic E-state index is 11.1. The molecular weight excluding hydrogens is 396 g/mol. The molecule has 0 aliphatic carbocycles. The van der Waals surface area contributed by atoms with E-state index in [-0.39, 0.29) is 5.56 Å². The molecule has 166 valence electrons. The molecule has 31 heavy (non-hydrogen) atoms. The van der Waals surface area contributed by atoms with Crippen LogP contribution in [0.25, 0.3) is 0 Å². The highest BCUT2D eigenvalue weighted by molar-refractivity contribution is 5.95. The second kappa shape index (κ2) is 11.2. The second-order valence-corrected chi connectivity index (χ2v) is 7.21. The van der Waals surface area contributed by atoms with Gasteiger partial charge in [0.2, 0.25) is 0 Å². The van der Waals surface area contributed by atoms with Gasteiger partial charge in [-0.3, -0.25) is 4.99 Å². The number of carbonyl (C=O) groups is 1. The van der Waals surface area contributed by atoms with Crippen LogP contribution in [0.2, 0.25) is 0 Å². The van der Waals surface area contributed by atoms with Gasteiger partial charge in [-0.05, 0) is 42.8 Å². The number of benzene rings is 2. The number of hydrogen-bond donors (Lipinski definition) is 2. The lowest BCUT2D eigenvalue weighted by molar-refractivity contribution is 0.0697. The minimum atomic E-state index is -0.938. The number of nitrogens with one attached hydrogen (secondary N) is 1. The summed E-state index contributed by atoms with van der Waals surface area (Å²) in [7, 11) is 3.38. The van der Waals surface area contributed by atoms with E-state index >= 15 is 0 Å². The van der Waals surface area contributed by atoms with Gasteiger partial charge in [-0.15, -0.1) is 0 Å². The number of para-hydroxylation sites is 2. The Kier molecular flexibility index (Phi) is 8.12. The van der Waals surface area contributed by atoms with Gasteiger partial charge in [0.1, 0.15) is 5.75 Å². The van der Waals surface area contributed by atoms with Crippen molar-refractivity contribution in [1.82, 2.24) is 4.90 Å². The van der Waals surface area contributed by atoms with Crippen molar-refractivity contribution in [3.63, 3.8) is 0 Å². The van der Waals surface area contributed by atoms with Gasteiger partial charge in [0.25, 0.3) is 0 Å². The quantitative estimate of drug-likeness (QED) is 0.381. The first-order valence-electron chi connectivity index (χ1n) is 10.4. The molecule has 0 saturated carbocycles. The molecular formula is C23H30N4O4. The third-order valence-electron chi connectivity index (χ3n) is 5.16. The number of rotatable bonds is 8. The molecule has 0 radical (unpaired) electrons. The first-order chi connectivity index (χ1) is 15.1. The predicted molar refractivity (Wildman–Crippen MR) is 123 cm³/mol. The fourth-order valence-electron chi connectivity index (χ4n) is 3.49. The summed E-state index contributed by atoms with van der Waals surface area (Å²) >= 11 is 0. The van der Waals surface area contributed by atoms with Crippen LogP contribution in [-0.2, 0) is 4.74 Å². The zero-order valence-electron chi connectivity index (χ0n) is 18.1. The average molecular weight is 427 g/mol. The van der Waals surface area contributed by atoms with E-state index in [0.29, 0.717) is 13.2 Å². The Balaban J connectivity index is 1.68. The highest BCUT2D eigenvalue weighted by Gasteiger charge is 2.22. The van der Waals surface area contributed by atoms with Crippen molar-refractivity contribution in [3.8, 4) is 5.75 Å². The molecule has 1 aliphatic rings. The molecule has 1 fully saturated rings. The van der Waals surface area contributed by atoms with Crippen LogP contribution in [0.4, 0.5) is 11.4 Å². The van der Waals surface area contributed by atoms with Gasteiger partial charge in [-0.1, -0.05) is 12.1 Å². The molecule has 1 saturated heterocycles. The van der Waals surface area contributed by atoms with Gasteiger partial charge in [-0.25, -0.2) is 4.79 Å². The smallest absolute Gasteiger partial charge is 0.335 e. The lowest BCUT2D eigenvalue weighted by Gasteiger charge is -2.38. The van der Waals surface area contributed by atoms with Crippen LogP contribution in [0.3, 0.4) is 0 Å². The standard InChI is InChI=1S/C23H30N4O4/c1-30-17-5-12-24-23(25-19-10-8-18(9-11-19)22(28)29)27-15-13-26(14-16-27)20-6-3-4-7-21(20)31-2/h3-4,6-11H,5,12-17H2,1-2H3,(H,24,25)(H,28,29). The first-order valence-corrected chi connectivity index (χ1v) is 10.4. The highest BCUT2D eigenvalue weighted by Crippen LogP contribution is 2.28. The monoisotopic (exact) mass is 426 g/mol. The molecule has 0 spiro atoms. The Bertz CT molecular complexity index is 877. The number of aromatic carboxylic acids is 1. The van der Waals surface area contributed by atoms with Crippen LogP contribution >= 0.6 is 0 Å². The maximum Gasteiger partial charge on any atom is 0.335 e. The molecule has 2 aromatic carbocycles. The van der Waals surface area contributed by atoms with Gasteiger partial charge in [0.15, 0.2) is 5.96 Å². The first kappa shape index (κ1) is 22.4. The van der Waals surface area contributed by atoms with Gasteiger partial charge < -0.3 is 29.7 Å². The Morgan fingerprint density at radius 2 is 1.77 bits per heavy atom. The number of carboxylic acid groups (broad SMARTS) is 1. The number of carboxylic acids is 1. The number of ether oxygens (including phenoxy) is 2. The number of nitrogens with zero attached hydrogens (tertiary/aromatic N) is 3. The van der Waals surface area contributed by atoms with Gasteiger partial charge >= 0.3 is 5.97 Å². The summed E-state index contributed by atoms with van der Waals surface area (Å²) in [5.41, 5.74) is 2.16. The molecule has 1 aliphatic heterocycles. The van der Waals surface area contributed by atoms with Crippen LogP contribution in [0.5, 0.6) is 5.75 Å². The van der Waals surface area contributed by atoms with Crippen molar-refractivity contribution in [1.29, 1.82) is 0 Å². The van der Waals surface area contributed by atoms with Crippen LogP contribution in [0, 0.1) is 0 Å². The van der Waals surface area contributed by atoms with Crippen molar-refractivity contribution in [3.05, 3.63) is 54.1 Å². The molecule has 2 aromatic rings. The summed E-state index contributed by atoms with van der Waals surface area (Å²) in [4.78, 5) is 20.4. The van der Waals surface area contributed by atoms with Crippen molar-refractivity contribution in [2.75, 3.05) is 63.8 Å². The summed E-state index contributed by atoms with van der Waals surface area (Å²) < 4.78 is 10.6. The van der Waals surface area contributed by atoms with E-state index < -0.39 is 5.97 Å². The number of hydrogen-bond acceptors (Lipinski definition) is 5. The lowest BCUT2D eigenvalue weighted by Crippen LogP contribution is -2.50. The third kappa shape index (κ3) is 6.11. The molecule has 0 bridgehead atoms. The number of methoxy groups -OCH3 is 2. The van der Waals surface area contributed by atoms with Gasteiger partial charge in [0, 0.05) is 52.1 Å². The number of aliphatic imine (C=N–C) groups is 1. The fraction of sp³-hybridized carbons (Fsp3) is 0.391. The van der Waals surface area contributed by atoms with Crippen molar-refractivity contribution in [2.45, 2.75) is 6.42 Å². The second-order valence-electron chi connectivity index (χ2n) is 7.21. The van der Waals surface area contributed by atoms with E-state index in [4.69, 9.17) is 19.6 Å². The minimum absolute atomic E-state index is 0.259. The van der Waals surface area contributed by atoms with Gasteiger partial charge in [-0.2, -0.15) is 0 Å². The Labute approximate surface area is 183 Å². The molecule has 8 heteroatoms. The molecule has 8 nitrogen and oxygen atoms in total. The average Bonchev–Trinajstić information content (AvgIpc) is 2.81. The van der Waals surface area contributed by atoms with Gasteiger partial charge in [0.05, 0.1) is 18.4 Å². The zero-order chi connectivity index (χ0) is 22.1. The summed E-state index contributed by atoms with van der Waals surface area (Å²) in [5.74, 6) is 0.729. The van der Waals surface area contributed by atoms with E-state index in [2.05, 4.69) is 21.2 Å². The Hall–Kier alpha value is -3.26. The highest BCUT2D eigenvalue weighted by atomic mass is 16.5. The number of piperazine rings is 1. The van der Waals surface area contributed by atoms with Crippen LogP contribution in [0.1, 0.15) is 16.8 Å². The SMILES string of the molecule is COCCCN=C(Nc1ccc(C(=O)O)cc1)N1CCN(c2ccccc2OC)CC1. The Morgan fingerprint density at radius 3 is 2.42 bits per heavy atom. The lowest BCUT2D eigenvalue weighted by atomic mass is 10.2. The fourth-order valence-corrected chi connectivity index (χ4v) is 3.49. The van der Waals surface area contributed by atoms with E-state index in [1.807, 2.05) is 18.2 Å². The maximum atomic E-state index is 11.1. The van der Waals surface area contributed by atoms with Crippen molar-refractivity contribution < 1.29 is 19.4 Å². The topological polar surface area (TPSA) is 86.6 Å². The molecule has 0 aromatic heterocycles. The number of guanidine groups is 1. The number of anilines is 2. The van der Waals surface area contributed by atoms with E-state index in [1.54, 1.807) is 38.5 Å². The van der Waals surface area contributed by atoms with E-state index in [0.717, 1.165) is 55.7 Å². The molecule has 0 unspecified atom stereocenters. The van der Waals surface area contributed by atoms with E-state index in [9.17, 15) is 4.79 Å². The predicted octanol–water partition coefficient (Wildman–Crippen LogP) is 3.02. The molecule has 2 N–H and O–H groups in total. The molecule has 3 rings (SSSR count). The molecule has 1 heterocycles. The summed E-state index contributed by atoms with van der Waals surface area (Å²) in [6, 6.07) is 14.8. The third-order valence-corrected chi connectivity index (χ3v) is 5.16. The Morgan fingerprint density at radius 1 is 1.06 bits per heavy atom. The molecule has 0 atom stereocenters. The van der Waals surface area contributed by atoms with Crippen LogP contribution < -0.4 is 15.0 Å². The summed E-state index contributed by atoms with van der Waals surface area (Å²) in [6.07, 6.45) is 0.834. The van der Waals surface area contributed by atoms with Crippen LogP contribution in [-0.4, -0.2) is 75.5 Å². The largest absolute Gasteiger partial charge is 0.495 e. The normalized spacial score (nSPS) is 14.5. The summed E-state index contributed by atoms with van der Waals surface area (Å²) in [5, 5.41) is 12.5. The van der Waals surface area contributed by atoms with Crippen LogP contribution in [0.15, 0.2) is 53.5 Å². The van der Waals surface area contributed by atoms with E-state index in [1.165, 1.54) is 0 Å². The minimum Gasteiger partial charge on any atom is -0.495 e. The van der Waals surface area contributed by atoms with Crippen molar-refractivity contribution in [2.24, 2.45) is 4.99 Å². The molecule has 0 amide bonds.